The van der Waals surface area contributed by atoms with Crippen LogP contribution in [-0.4, -0.2) is 39.8 Å². The van der Waals surface area contributed by atoms with Crippen LogP contribution in [0.4, 0.5) is 0 Å². The van der Waals surface area contributed by atoms with Crippen LogP contribution in [0.2, 0.25) is 0 Å². The Balaban J connectivity index is 0.00000156. The Hall–Kier alpha value is -1.63. The molecule has 0 saturated carbocycles. The van der Waals surface area contributed by atoms with E-state index in [0.717, 1.165) is 37.4 Å². The summed E-state index contributed by atoms with van der Waals surface area (Å²) >= 11 is 0. The lowest BCUT2D eigenvalue weighted by Gasteiger charge is -2.30. The molecule has 2 atom stereocenters. The van der Waals surface area contributed by atoms with E-state index in [4.69, 9.17) is 0 Å². The molecule has 2 aromatic rings. The van der Waals surface area contributed by atoms with Crippen LogP contribution in [0.3, 0.4) is 0 Å². The number of carbonyl (C=O) groups excluding carboxylic acids is 1. The maximum Gasteiger partial charge on any atom is 0.255 e. The highest BCUT2D eigenvalue weighted by Crippen LogP contribution is 2.16. The maximum atomic E-state index is 12.7. The van der Waals surface area contributed by atoms with E-state index in [1.807, 2.05) is 25.1 Å². The van der Waals surface area contributed by atoms with Crippen molar-refractivity contribution in [3.8, 4) is 5.82 Å². The van der Waals surface area contributed by atoms with Gasteiger partial charge in [-0.2, -0.15) is 5.10 Å². The van der Waals surface area contributed by atoms with Crippen molar-refractivity contribution in [1.29, 1.82) is 0 Å². The van der Waals surface area contributed by atoms with Gasteiger partial charge in [0, 0.05) is 18.8 Å². The average molecular weight is 386 g/mol. The number of pyridine rings is 1. The van der Waals surface area contributed by atoms with E-state index in [-0.39, 0.29) is 36.8 Å². The predicted molar refractivity (Wildman–Crippen MR) is 103 cm³/mol. The number of amides is 1. The van der Waals surface area contributed by atoms with Crippen LogP contribution in [0, 0.1) is 5.92 Å². The third kappa shape index (κ3) is 4.71. The molecule has 2 aromatic heterocycles. The van der Waals surface area contributed by atoms with Gasteiger partial charge in [-0.3, -0.25) is 4.79 Å². The minimum absolute atomic E-state index is 0. The molecule has 138 valence electrons. The Bertz CT molecular complexity index is 677. The number of hydrogen-bond donors (Lipinski definition) is 2. The zero-order chi connectivity index (χ0) is 16.2. The van der Waals surface area contributed by atoms with Crippen LogP contribution >= 0.6 is 24.8 Å². The fourth-order valence-electron chi connectivity index (χ4n) is 3.01. The van der Waals surface area contributed by atoms with Crippen molar-refractivity contribution in [1.82, 2.24) is 25.4 Å². The molecule has 2 N–H and O–H groups in total. The molecule has 0 aromatic carbocycles. The van der Waals surface area contributed by atoms with Crippen LogP contribution in [0.25, 0.3) is 5.82 Å². The predicted octanol–water partition coefficient (Wildman–Crippen LogP) is 2.40. The first kappa shape index (κ1) is 21.4. The monoisotopic (exact) mass is 385 g/mol. The van der Waals surface area contributed by atoms with Crippen molar-refractivity contribution in [2.75, 3.05) is 13.1 Å². The summed E-state index contributed by atoms with van der Waals surface area (Å²) in [4.78, 5) is 17.0. The molecular formula is C17H25Cl2N5O. The Morgan fingerprint density at radius 1 is 1.40 bits per heavy atom. The topological polar surface area (TPSA) is 71.8 Å². The zero-order valence-electron chi connectivity index (χ0n) is 14.4. The second-order valence-electron chi connectivity index (χ2n) is 6.01. The first-order chi connectivity index (χ1) is 11.2. The molecule has 0 radical (unpaired) electrons. The highest BCUT2D eigenvalue weighted by molar-refractivity contribution is 5.95. The summed E-state index contributed by atoms with van der Waals surface area (Å²) in [6, 6.07) is 5.84. The minimum atomic E-state index is -0.0513. The Labute approximate surface area is 160 Å². The molecule has 8 heteroatoms. The van der Waals surface area contributed by atoms with Crippen LogP contribution in [0.5, 0.6) is 0 Å². The van der Waals surface area contributed by atoms with E-state index < -0.39 is 0 Å². The second kappa shape index (κ2) is 9.75. The summed E-state index contributed by atoms with van der Waals surface area (Å²) in [6.45, 7) is 6.05. The average Bonchev–Trinajstić information content (AvgIpc) is 3.02. The molecule has 25 heavy (non-hydrogen) atoms. The maximum absolute atomic E-state index is 12.7. The fraction of sp³-hybridized carbons (Fsp3) is 0.471. The van der Waals surface area contributed by atoms with Gasteiger partial charge in [0.05, 0.1) is 17.5 Å². The second-order valence-corrected chi connectivity index (χ2v) is 6.01. The summed E-state index contributed by atoms with van der Waals surface area (Å²) in [5.74, 6) is 1.16. The van der Waals surface area contributed by atoms with Crippen molar-refractivity contribution in [3.05, 3.63) is 41.9 Å². The number of piperidine rings is 1. The number of carbonyl (C=O) groups is 1. The van der Waals surface area contributed by atoms with E-state index >= 15 is 0 Å². The fourth-order valence-corrected chi connectivity index (χ4v) is 3.01. The van der Waals surface area contributed by atoms with Crippen molar-refractivity contribution in [2.45, 2.75) is 32.7 Å². The molecule has 1 aliphatic heterocycles. The molecule has 0 spiro atoms. The Morgan fingerprint density at radius 2 is 2.20 bits per heavy atom. The number of halogens is 2. The zero-order valence-corrected chi connectivity index (χ0v) is 16.1. The number of hydrogen-bond acceptors (Lipinski definition) is 4. The Morgan fingerprint density at radius 3 is 2.84 bits per heavy atom. The summed E-state index contributed by atoms with van der Waals surface area (Å²) in [7, 11) is 0. The van der Waals surface area contributed by atoms with Gasteiger partial charge in [-0.1, -0.05) is 19.9 Å². The van der Waals surface area contributed by atoms with Gasteiger partial charge in [0.15, 0.2) is 5.82 Å². The van der Waals surface area contributed by atoms with E-state index in [2.05, 4.69) is 27.6 Å². The van der Waals surface area contributed by atoms with E-state index in [1.54, 1.807) is 17.1 Å². The van der Waals surface area contributed by atoms with Crippen LogP contribution in [0.1, 0.15) is 36.3 Å². The lowest BCUT2D eigenvalue weighted by atomic mass is 9.94. The quantitative estimate of drug-likeness (QED) is 0.847. The first-order valence-electron chi connectivity index (χ1n) is 8.20. The van der Waals surface area contributed by atoms with Gasteiger partial charge < -0.3 is 10.6 Å². The molecule has 3 heterocycles. The van der Waals surface area contributed by atoms with Gasteiger partial charge in [0.25, 0.3) is 5.91 Å². The highest BCUT2D eigenvalue weighted by atomic mass is 35.5. The Kier molecular flexibility index (Phi) is 8.35. The smallest absolute Gasteiger partial charge is 0.255 e. The van der Waals surface area contributed by atoms with Gasteiger partial charge in [-0.15, -0.1) is 24.8 Å². The molecular weight excluding hydrogens is 361 g/mol. The molecule has 0 bridgehead atoms. The van der Waals surface area contributed by atoms with Crippen molar-refractivity contribution < 1.29 is 4.79 Å². The van der Waals surface area contributed by atoms with E-state index in [0.29, 0.717) is 11.5 Å². The first-order valence-corrected chi connectivity index (χ1v) is 8.20. The standard InChI is InChI=1S/C17H23N5O.2ClH/c1-3-15-13(10-20-22(15)16-6-4-5-8-19-16)17(23)21-14-11-18-9-7-12(14)2;;/h4-6,8,10,12,14,18H,3,7,9,11H2,1-2H3,(H,21,23);2*1H. The molecule has 0 aliphatic carbocycles. The SMILES string of the molecule is CCc1c(C(=O)NC2CNCCC2C)cnn1-c1ccccn1.Cl.Cl. The molecule has 6 nitrogen and oxygen atoms in total. The van der Waals surface area contributed by atoms with Gasteiger partial charge in [-0.25, -0.2) is 9.67 Å². The van der Waals surface area contributed by atoms with Crippen LogP contribution in [-0.2, 0) is 6.42 Å². The molecule has 1 amide bonds. The van der Waals surface area contributed by atoms with Gasteiger partial charge >= 0.3 is 0 Å². The molecule has 1 fully saturated rings. The van der Waals surface area contributed by atoms with E-state index in [1.165, 1.54) is 0 Å². The largest absolute Gasteiger partial charge is 0.348 e. The normalized spacial score (nSPS) is 19.4. The lowest BCUT2D eigenvalue weighted by molar-refractivity contribution is 0.0914. The minimum Gasteiger partial charge on any atom is -0.348 e. The van der Waals surface area contributed by atoms with Crippen molar-refractivity contribution in [3.63, 3.8) is 0 Å². The number of nitrogens with one attached hydrogen (secondary N) is 2. The van der Waals surface area contributed by atoms with Gasteiger partial charge in [-0.05, 0) is 37.4 Å². The summed E-state index contributed by atoms with van der Waals surface area (Å²) in [5.41, 5.74) is 1.52. The molecule has 3 rings (SSSR count). The number of rotatable bonds is 4. The van der Waals surface area contributed by atoms with Crippen molar-refractivity contribution >= 4 is 30.7 Å². The summed E-state index contributed by atoms with van der Waals surface area (Å²) < 4.78 is 1.75. The molecule has 1 saturated heterocycles. The van der Waals surface area contributed by atoms with Gasteiger partial charge in [0.2, 0.25) is 0 Å². The lowest BCUT2D eigenvalue weighted by Crippen LogP contribution is -2.50. The molecule has 2 unspecified atom stereocenters. The summed E-state index contributed by atoms with van der Waals surface area (Å²) in [5, 5.41) is 10.9. The van der Waals surface area contributed by atoms with Crippen molar-refractivity contribution in [2.24, 2.45) is 5.92 Å². The van der Waals surface area contributed by atoms with Gasteiger partial charge in [0.1, 0.15) is 0 Å². The third-order valence-corrected chi connectivity index (χ3v) is 4.46. The van der Waals surface area contributed by atoms with E-state index in [9.17, 15) is 4.79 Å². The molecule has 1 aliphatic rings. The summed E-state index contributed by atoms with van der Waals surface area (Å²) in [6.07, 6.45) is 5.17. The van der Waals surface area contributed by atoms with Crippen LogP contribution in [0.15, 0.2) is 30.6 Å². The number of aromatic nitrogens is 3. The third-order valence-electron chi connectivity index (χ3n) is 4.46. The van der Waals surface area contributed by atoms with Crippen LogP contribution < -0.4 is 10.6 Å². The highest BCUT2D eigenvalue weighted by Gasteiger charge is 2.25. The number of nitrogens with zero attached hydrogens (tertiary/aromatic N) is 3.